The van der Waals surface area contributed by atoms with E-state index in [2.05, 4.69) is 5.32 Å². The summed E-state index contributed by atoms with van der Waals surface area (Å²) in [4.78, 5) is 52.2. The van der Waals surface area contributed by atoms with Crippen molar-refractivity contribution in [2.45, 2.75) is 40.7 Å². The lowest BCUT2D eigenvalue weighted by atomic mass is 9.96. The van der Waals surface area contributed by atoms with Gasteiger partial charge in [-0.15, -0.1) is 11.3 Å². The number of carbonyl (C=O) groups is 4. The van der Waals surface area contributed by atoms with Crippen LogP contribution in [0.2, 0.25) is 0 Å². The first-order chi connectivity index (χ1) is 16.1. The van der Waals surface area contributed by atoms with Crippen LogP contribution in [0.1, 0.15) is 48.7 Å². The highest BCUT2D eigenvalue weighted by molar-refractivity contribution is 7.14. The van der Waals surface area contributed by atoms with Crippen LogP contribution in [0.25, 0.3) is 0 Å². The minimum atomic E-state index is -0.627. The van der Waals surface area contributed by atoms with Crippen LogP contribution < -0.4 is 15.0 Å². The van der Waals surface area contributed by atoms with E-state index in [1.807, 2.05) is 27.7 Å². The van der Waals surface area contributed by atoms with Gasteiger partial charge in [0, 0.05) is 28.9 Å². The first kappa shape index (κ1) is 25.4. The van der Waals surface area contributed by atoms with Crippen LogP contribution in [0.3, 0.4) is 0 Å². The highest BCUT2D eigenvalue weighted by Crippen LogP contribution is 2.28. The lowest BCUT2D eigenvalue weighted by Crippen LogP contribution is -2.34. The molecule has 1 aliphatic heterocycles. The molecular formula is C25H30N2O6S. The maximum Gasteiger partial charge on any atom is 0.311 e. The summed E-state index contributed by atoms with van der Waals surface area (Å²) in [5.41, 5.74) is 0.193. The molecule has 0 aliphatic carbocycles. The standard InChI is InChI=1S/C25H30N2O6S/c1-5-32-18-8-6-17(7-9-18)27-14-16(12-22(27)29)23(30)33-15-20(28)21-11-10-19(34-21)13-26-24(31)25(2,3)4/h6-11,16H,5,12-15H2,1-4H3,(H,26,31). The molecule has 1 atom stereocenters. The fraction of sp³-hybridized carbons (Fsp3) is 0.440. The van der Waals surface area contributed by atoms with Gasteiger partial charge in [0.15, 0.2) is 6.61 Å². The van der Waals surface area contributed by atoms with E-state index in [4.69, 9.17) is 9.47 Å². The highest BCUT2D eigenvalue weighted by atomic mass is 32.1. The molecule has 182 valence electrons. The minimum Gasteiger partial charge on any atom is -0.494 e. The molecule has 3 rings (SSSR count). The molecule has 8 nitrogen and oxygen atoms in total. The summed E-state index contributed by atoms with van der Waals surface area (Å²) >= 11 is 1.25. The molecule has 1 aromatic carbocycles. The third-order valence-corrected chi connectivity index (χ3v) is 6.43. The predicted molar refractivity (Wildman–Crippen MR) is 129 cm³/mol. The molecule has 2 aromatic rings. The zero-order valence-electron chi connectivity index (χ0n) is 19.9. The van der Waals surface area contributed by atoms with Crippen molar-refractivity contribution >= 4 is 40.6 Å². The summed E-state index contributed by atoms with van der Waals surface area (Å²) in [7, 11) is 0. The number of hydrogen-bond donors (Lipinski definition) is 1. The molecule has 0 saturated carbocycles. The number of carbonyl (C=O) groups excluding carboxylic acids is 4. The molecule has 0 radical (unpaired) electrons. The molecule has 1 aliphatic rings. The number of benzene rings is 1. The maximum atomic E-state index is 12.5. The quantitative estimate of drug-likeness (QED) is 0.429. The Morgan fingerprint density at radius 2 is 1.82 bits per heavy atom. The van der Waals surface area contributed by atoms with Gasteiger partial charge in [0.2, 0.25) is 17.6 Å². The fourth-order valence-electron chi connectivity index (χ4n) is 3.38. The van der Waals surface area contributed by atoms with Gasteiger partial charge in [-0.1, -0.05) is 20.8 Å². The zero-order valence-corrected chi connectivity index (χ0v) is 20.7. The Hall–Kier alpha value is -3.20. The molecule has 0 spiro atoms. The van der Waals surface area contributed by atoms with Crippen molar-refractivity contribution in [1.82, 2.24) is 5.32 Å². The van der Waals surface area contributed by atoms with Crippen molar-refractivity contribution in [2.24, 2.45) is 11.3 Å². The topological polar surface area (TPSA) is 102 Å². The van der Waals surface area contributed by atoms with Crippen molar-refractivity contribution in [3.05, 3.63) is 46.2 Å². The number of nitrogens with one attached hydrogen (secondary N) is 1. The van der Waals surface area contributed by atoms with Gasteiger partial charge in [0.05, 0.1) is 23.9 Å². The van der Waals surface area contributed by atoms with Gasteiger partial charge in [0.25, 0.3) is 0 Å². The summed E-state index contributed by atoms with van der Waals surface area (Å²) in [6.07, 6.45) is 0.0386. The van der Waals surface area contributed by atoms with Gasteiger partial charge in [-0.3, -0.25) is 19.2 Å². The highest BCUT2D eigenvalue weighted by Gasteiger charge is 2.36. The van der Waals surface area contributed by atoms with Crippen LogP contribution in [-0.4, -0.2) is 43.3 Å². The van der Waals surface area contributed by atoms with Crippen molar-refractivity contribution in [2.75, 3.05) is 24.7 Å². The number of ketones is 1. The van der Waals surface area contributed by atoms with E-state index in [-0.39, 0.29) is 37.2 Å². The average molecular weight is 487 g/mol. The van der Waals surface area contributed by atoms with Crippen LogP contribution >= 0.6 is 11.3 Å². The van der Waals surface area contributed by atoms with Gasteiger partial charge in [-0.05, 0) is 43.3 Å². The van der Waals surface area contributed by atoms with E-state index in [1.165, 1.54) is 11.3 Å². The fourth-order valence-corrected chi connectivity index (χ4v) is 4.26. The molecule has 2 amide bonds. The SMILES string of the molecule is CCOc1ccc(N2CC(C(=O)OCC(=O)c3ccc(CNC(=O)C(C)(C)C)s3)CC2=O)cc1. The normalized spacial score (nSPS) is 15.8. The van der Waals surface area contributed by atoms with Crippen molar-refractivity contribution in [3.63, 3.8) is 0 Å². The van der Waals surface area contributed by atoms with Crippen LogP contribution in [0.5, 0.6) is 5.75 Å². The number of amides is 2. The number of thiophene rings is 1. The van der Waals surface area contributed by atoms with Crippen molar-refractivity contribution < 1.29 is 28.7 Å². The second-order valence-electron chi connectivity index (χ2n) is 9.06. The molecule has 1 aromatic heterocycles. The predicted octanol–water partition coefficient (Wildman–Crippen LogP) is 3.59. The lowest BCUT2D eigenvalue weighted by Gasteiger charge is -2.17. The molecular weight excluding hydrogens is 456 g/mol. The van der Waals surface area contributed by atoms with Crippen molar-refractivity contribution in [1.29, 1.82) is 0 Å². The summed E-state index contributed by atoms with van der Waals surface area (Å²) in [6, 6.07) is 10.5. The van der Waals surface area contributed by atoms with Gasteiger partial charge in [-0.2, -0.15) is 0 Å². The third-order valence-electron chi connectivity index (χ3n) is 5.30. The lowest BCUT2D eigenvalue weighted by molar-refractivity contribution is -0.147. The van der Waals surface area contributed by atoms with Crippen LogP contribution in [0.15, 0.2) is 36.4 Å². The molecule has 1 fully saturated rings. The summed E-state index contributed by atoms with van der Waals surface area (Å²) in [5, 5.41) is 2.84. The Balaban J connectivity index is 1.49. The van der Waals surface area contributed by atoms with E-state index >= 15 is 0 Å². The number of anilines is 1. The zero-order chi connectivity index (χ0) is 24.9. The Morgan fingerprint density at radius 3 is 2.47 bits per heavy atom. The van der Waals surface area contributed by atoms with Crippen LogP contribution in [0, 0.1) is 11.3 Å². The molecule has 34 heavy (non-hydrogen) atoms. The number of rotatable bonds is 9. The number of Topliss-reactive ketones (excluding diaryl/α,β-unsaturated/α-hetero) is 1. The Labute approximate surface area is 203 Å². The Kier molecular flexibility index (Phi) is 8.09. The summed E-state index contributed by atoms with van der Waals surface area (Å²) in [5.74, 6) is -1.05. The second-order valence-corrected chi connectivity index (χ2v) is 10.2. The number of hydrogen-bond acceptors (Lipinski definition) is 7. The summed E-state index contributed by atoms with van der Waals surface area (Å²) < 4.78 is 10.6. The molecule has 1 saturated heterocycles. The van der Waals surface area contributed by atoms with Crippen molar-refractivity contribution in [3.8, 4) is 5.75 Å². The second kappa shape index (κ2) is 10.8. The van der Waals surface area contributed by atoms with Gasteiger partial charge < -0.3 is 19.7 Å². The van der Waals surface area contributed by atoms with E-state index in [1.54, 1.807) is 41.3 Å². The van der Waals surface area contributed by atoms with Gasteiger partial charge in [0.1, 0.15) is 5.75 Å². The van der Waals surface area contributed by atoms with E-state index in [0.29, 0.717) is 29.5 Å². The van der Waals surface area contributed by atoms with Crippen LogP contribution in [0.4, 0.5) is 5.69 Å². The first-order valence-corrected chi connectivity index (χ1v) is 12.0. The Morgan fingerprint density at radius 1 is 1.12 bits per heavy atom. The minimum absolute atomic E-state index is 0.0386. The van der Waals surface area contributed by atoms with Gasteiger partial charge in [-0.25, -0.2) is 0 Å². The molecule has 9 heteroatoms. The smallest absolute Gasteiger partial charge is 0.311 e. The van der Waals surface area contributed by atoms with E-state index < -0.39 is 17.3 Å². The Bertz CT molecular complexity index is 1050. The number of nitrogens with zero attached hydrogens (tertiary/aromatic N) is 1. The number of esters is 1. The molecule has 2 heterocycles. The van der Waals surface area contributed by atoms with Crippen LogP contribution in [-0.2, 0) is 25.7 Å². The average Bonchev–Trinajstić information content (AvgIpc) is 3.42. The maximum absolute atomic E-state index is 12.5. The third kappa shape index (κ3) is 6.44. The van der Waals surface area contributed by atoms with Gasteiger partial charge >= 0.3 is 5.97 Å². The van der Waals surface area contributed by atoms with E-state index in [9.17, 15) is 19.2 Å². The molecule has 0 bridgehead atoms. The monoisotopic (exact) mass is 486 g/mol. The molecule has 1 unspecified atom stereocenters. The first-order valence-electron chi connectivity index (χ1n) is 11.2. The molecule has 1 N–H and O–H groups in total. The number of ether oxygens (including phenoxy) is 2. The largest absolute Gasteiger partial charge is 0.494 e. The summed E-state index contributed by atoms with van der Waals surface area (Å²) in [6.45, 7) is 8.08. The van der Waals surface area contributed by atoms with E-state index in [0.717, 1.165) is 4.88 Å².